The maximum atomic E-state index is 14.3. The molecule has 0 fully saturated rings. The van der Waals surface area contributed by atoms with Crippen LogP contribution >= 0.6 is 11.8 Å². The number of fused-ring (bicyclic) bond motifs is 1. The molecule has 0 aliphatic carbocycles. The highest BCUT2D eigenvalue weighted by atomic mass is 32.2. The Bertz CT molecular complexity index is 1050. The van der Waals surface area contributed by atoms with E-state index in [1.165, 1.54) is 29.5 Å². The molecule has 170 valence electrons. The fourth-order valence-corrected chi connectivity index (χ4v) is 4.35. The molecule has 3 rings (SSSR count). The van der Waals surface area contributed by atoms with Crippen LogP contribution in [0.5, 0.6) is 0 Å². The van der Waals surface area contributed by atoms with Crippen molar-refractivity contribution in [1.29, 1.82) is 0 Å². The van der Waals surface area contributed by atoms with Crippen LogP contribution in [0.3, 0.4) is 0 Å². The van der Waals surface area contributed by atoms with Crippen LogP contribution in [0.4, 0.5) is 4.39 Å². The molecule has 7 heteroatoms. The van der Waals surface area contributed by atoms with E-state index in [0.29, 0.717) is 0 Å². The number of thioether (sulfide) groups is 1. The second-order valence-corrected chi connectivity index (χ2v) is 10.9. The van der Waals surface area contributed by atoms with Crippen molar-refractivity contribution in [3.05, 3.63) is 65.0 Å². The van der Waals surface area contributed by atoms with Crippen molar-refractivity contribution in [2.24, 2.45) is 0 Å². The Balaban J connectivity index is 1.88. The van der Waals surface area contributed by atoms with Crippen LogP contribution in [0, 0.1) is 5.82 Å². The van der Waals surface area contributed by atoms with Crippen molar-refractivity contribution in [3.8, 4) is 0 Å². The molecule has 0 saturated carbocycles. The average Bonchev–Trinajstić information content (AvgIpc) is 2.92. The number of hydrogen-bond acceptors (Lipinski definition) is 5. The first-order chi connectivity index (χ1) is 14.8. The quantitative estimate of drug-likeness (QED) is 0.350. The first kappa shape index (κ1) is 24.0. The Morgan fingerprint density at radius 1 is 1.00 bits per heavy atom. The molecular weight excluding hydrogens is 429 g/mol. The summed E-state index contributed by atoms with van der Waals surface area (Å²) in [7, 11) is 0. The molecule has 0 saturated heterocycles. The first-order valence-electron chi connectivity index (χ1n) is 10.4. The van der Waals surface area contributed by atoms with Crippen LogP contribution in [-0.2, 0) is 14.9 Å². The number of carbonyl (C=O) groups is 3. The molecule has 1 aliphatic rings. The van der Waals surface area contributed by atoms with Crippen LogP contribution in [0.25, 0.3) is 0 Å². The van der Waals surface area contributed by atoms with Gasteiger partial charge in [-0.25, -0.2) is 9.18 Å². The number of rotatable bonds is 5. The van der Waals surface area contributed by atoms with Gasteiger partial charge in [0.2, 0.25) is 0 Å². The van der Waals surface area contributed by atoms with Crippen LogP contribution in [-0.4, -0.2) is 40.1 Å². The van der Waals surface area contributed by atoms with E-state index in [-0.39, 0.29) is 22.3 Å². The molecule has 5 nitrogen and oxygen atoms in total. The zero-order valence-electron chi connectivity index (χ0n) is 19.2. The molecule has 1 heterocycles. The van der Waals surface area contributed by atoms with E-state index < -0.39 is 35.2 Å². The predicted octanol–water partition coefficient (Wildman–Crippen LogP) is 5.22. The number of halogens is 1. The van der Waals surface area contributed by atoms with Gasteiger partial charge in [-0.05, 0) is 56.0 Å². The summed E-state index contributed by atoms with van der Waals surface area (Å²) in [5.74, 6) is -2.90. The van der Waals surface area contributed by atoms with Crippen molar-refractivity contribution < 1.29 is 23.5 Å². The molecule has 0 aromatic heterocycles. The van der Waals surface area contributed by atoms with E-state index in [1.807, 2.05) is 24.3 Å². The van der Waals surface area contributed by atoms with Crippen molar-refractivity contribution in [2.45, 2.75) is 63.5 Å². The Morgan fingerprint density at radius 2 is 1.62 bits per heavy atom. The number of imide groups is 1. The molecule has 2 aromatic carbocycles. The molecule has 32 heavy (non-hydrogen) atoms. The van der Waals surface area contributed by atoms with Crippen LogP contribution in [0.15, 0.2) is 47.4 Å². The Labute approximate surface area is 192 Å². The van der Waals surface area contributed by atoms with Gasteiger partial charge >= 0.3 is 5.97 Å². The summed E-state index contributed by atoms with van der Waals surface area (Å²) in [6, 6.07) is 10.6. The second-order valence-electron chi connectivity index (χ2n) is 9.78. The molecule has 1 atom stereocenters. The molecular formula is C25H28FNO4S. The standard InChI is InChI=1S/C25H28FNO4S/c1-24(2,3)15-10-12-16(13-11-15)32-14-19(23(30)31-25(4,5)6)27-21(28)17-8-7-9-18(26)20(17)22(27)29/h7-13,19H,14H2,1-6H3/t19-/m1/s1. The van der Waals surface area contributed by atoms with Gasteiger partial charge in [0, 0.05) is 10.6 Å². The zero-order chi connectivity index (χ0) is 23.8. The predicted molar refractivity (Wildman–Crippen MR) is 122 cm³/mol. The monoisotopic (exact) mass is 457 g/mol. The third kappa shape index (κ3) is 5.04. The topological polar surface area (TPSA) is 63.7 Å². The number of nitrogens with zero attached hydrogens (tertiary/aromatic N) is 1. The van der Waals surface area contributed by atoms with Gasteiger partial charge in [0.15, 0.2) is 0 Å². The third-order valence-electron chi connectivity index (χ3n) is 5.01. The summed E-state index contributed by atoms with van der Waals surface area (Å²) in [6.45, 7) is 11.5. The van der Waals surface area contributed by atoms with Crippen molar-refractivity contribution in [1.82, 2.24) is 4.90 Å². The normalized spacial score (nSPS) is 15.0. The van der Waals surface area contributed by atoms with Gasteiger partial charge in [0.25, 0.3) is 11.8 Å². The summed E-state index contributed by atoms with van der Waals surface area (Å²) in [6.07, 6.45) is 0. The maximum Gasteiger partial charge on any atom is 0.330 e. The Morgan fingerprint density at radius 3 is 2.16 bits per heavy atom. The smallest absolute Gasteiger partial charge is 0.330 e. The number of ether oxygens (including phenoxy) is 1. The lowest BCUT2D eigenvalue weighted by Gasteiger charge is -2.28. The summed E-state index contributed by atoms with van der Waals surface area (Å²) in [5.41, 5.74) is 0.0279. The SMILES string of the molecule is CC(C)(C)OC(=O)[C@@H](CSc1ccc(C(C)(C)C)cc1)N1C(=O)c2cccc(F)c2C1=O. The van der Waals surface area contributed by atoms with Gasteiger partial charge in [-0.2, -0.15) is 0 Å². The lowest BCUT2D eigenvalue weighted by Crippen LogP contribution is -2.48. The number of benzene rings is 2. The van der Waals surface area contributed by atoms with Gasteiger partial charge in [-0.1, -0.05) is 39.0 Å². The fraction of sp³-hybridized carbons (Fsp3) is 0.400. The summed E-state index contributed by atoms with van der Waals surface area (Å²) in [5, 5.41) is 0. The largest absolute Gasteiger partial charge is 0.458 e. The number of hydrogen-bond donors (Lipinski definition) is 0. The minimum absolute atomic E-state index is 0.00643. The molecule has 0 unspecified atom stereocenters. The minimum atomic E-state index is -1.19. The van der Waals surface area contributed by atoms with E-state index in [0.717, 1.165) is 15.9 Å². The molecule has 2 amide bonds. The highest BCUT2D eigenvalue weighted by molar-refractivity contribution is 7.99. The van der Waals surface area contributed by atoms with Crippen molar-refractivity contribution >= 4 is 29.5 Å². The number of esters is 1. The van der Waals surface area contributed by atoms with Crippen LogP contribution in [0.2, 0.25) is 0 Å². The minimum Gasteiger partial charge on any atom is -0.458 e. The Hall–Kier alpha value is -2.67. The van der Waals surface area contributed by atoms with E-state index in [2.05, 4.69) is 20.8 Å². The molecule has 0 spiro atoms. The van der Waals surface area contributed by atoms with Gasteiger partial charge in [0.05, 0.1) is 11.1 Å². The Kier molecular flexibility index (Phi) is 6.52. The van der Waals surface area contributed by atoms with Crippen molar-refractivity contribution in [3.63, 3.8) is 0 Å². The zero-order valence-corrected chi connectivity index (χ0v) is 20.0. The third-order valence-corrected chi connectivity index (χ3v) is 6.10. The first-order valence-corrected chi connectivity index (χ1v) is 11.4. The van der Waals surface area contributed by atoms with E-state index in [1.54, 1.807) is 20.8 Å². The van der Waals surface area contributed by atoms with Gasteiger partial charge in [-0.15, -0.1) is 11.8 Å². The maximum absolute atomic E-state index is 14.3. The van der Waals surface area contributed by atoms with E-state index in [4.69, 9.17) is 4.74 Å². The fourth-order valence-electron chi connectivity index (χ4n) is 3.39. The van der Waals surface area contributed by atoms with Gasteiger partial charge in [-0.3, -0.25) is 14.5 Å². The number of amides is 2. The highest BCUT2D eigenvalue weighted by Crippen LogP contribution is 2.31. The second kappa shape index (κ2) is 8.70. The summed E-state index contributed by atoms with van der Waals surface area (Å²) < 4.78 is 19.8. The molecule has 1 aliphatic heterocycles. The lowest BCUT2D eigenvalue weighted by atomic mass is 9.87. The molecule has 0 N–H and O–H groups in total. The average molecular weight is 458 g/mol. The highest BCUT2D eigenvalue weighted by Gasteiger charge is 2.45. The molecule has 2 aromatic rings. The lowest BCUT2D eigenvalue weighted by molar-refractivity contribution is -0.158. The van der Waals surface area contributed by atoms with E-state index in [9.17, 15) is 18.8 Å². The molecule has 0 bridgehead atoms. The summed E-state index contributed by atoms with van der Waals surface area (Å²) in [4.78, 5) is 40.6. The van der Waals surface area contributed by atoms with Crippen LogP contribution in [0.1, 0.15) is 67.8 Å². The van der Waals surface area contributed by atoms with E-state index >= 15 is 0 Å². The molecule has 0 radical (unpaired) electrons. The van der Waals surface area contributed by atoms with Gasteiger partial charge in [0.1, 0.15) is 17.5 Å². The summed E-state index contributed by atoms with van der Waals surface area (Å²) >= 11 is 1.34. The van der Waals surface area contributed by atoms with Gasteiger partial charge < -0.3 is 4.74 Å². The number of carbonyl (C=O) groups excluding carboxylic acids is 3. The van der Waals surface area contributed by atoms with Crippen LogP contribution < -0.4 is 0 Å². The van der Waals surface area contributed by atoms with Crippen molar-refractivity contribution in [2.75, 3.05) is 5.75 Å².